The Morgan fingerprint density at radius 1 is 0.897 bits per heavy atom. The summed E-state index contributed by atoms with van der Waals surface area (Å²) in [6.07, 6.45) is 0. The second-order valence-corrected chi connectivity index (χ2v) is 10.2. The van der Waals surface area contributed by atoms with Gasteiger partial charge < -0.3 is 10.1 Å². The molecule has 39 heavy (non-hydrogen) atoms. The van der Waals surface area contributed by atoms with Crippen molar-refractivity contribution < 1.29 is 9.53 Å². The molecular formula is C30H22BrN5O2S. The molecule has 6 aromatic rings. The van der Waals surface area contributed by atoms with Crippen molar-refractivity contribution in [3.8, 4) is 11.4 Å². The van der Waals surface area contributed by atoms with Gasteiger partial charge in [-0.1, -0.05) is 60.7 Å². The van der Waals surface area contributed by atoms with E-state index in [0.29, 0.717) is 21.3 Å². The van der Waals surface area contributed by atoms with Crippen LogP contribution in [0.3, 0.4) is 0 Å². The number of methoxy groups -OCH3 is 1. The summed E-state index contributed by atoms with van der Waals surface area (Å²) < 4.78 is 6.26. The zero-order valence-electron chi connectivity index (χ0n) is 21.0. The van der Waals surface area contributed by atoms with Gasteiger partial charge in [0.25, 0.3) is 5.91 Å². The molecule has 1 heterocycles. The summed E-state index contributed by atoms with van der Waals surface area (Å²) in [5.74, 6) is 0.0630. The van der Waals surface area contributed by atoms with Gasteiger partial charge in [-0.3, -0.25) is 10.1 Å². The van der Waals surface area contributed by atoms with Crippen LogP contribution in [0.15, 0.2) is 89.4 Å². The number of nitrogens with zero attached hydrogens (tertiary/aromatic N) is 3. The Morgan fingerprint density at radius 3 is 2.33 bits per heavy atom. The lowest BCUT2D eigenvalue weighted by atomic mass is 10.1. The first kappa shape index (κ1) is 25.0. The maximum atomic E-state index is 13.2. The largest absolute Gasteiger partial charge is 0.495 e. The van der Waals surface area contributed by atoms with E-state index in [-0.39, 0.29) is 11.0 Å². The topological polar surface area (TPSA) is 81.1 Å². The molecule has 0 atom stereocenters. The van der Waals surface area contributed by atoms with Crippen molar-refractivity contribution in [2.45, 2.75) is 6.92 Å². The molecule has 1 amide bonds. The second-order valence-electron chi connectivity index (χ2n) is 9.04. The first-order chi connectivity index (χ1) is 18.9. The summed E-state index contributed by atoms with van der Waals surface area (Å²) in [6.45, 7) is 1.95. The van der Waals surface area contributed by atoms with Gasteiger partial charge in [-0.2, -0.15) is 0 Å². The normalized spacial score (nSPS) is 11.2. The third kappa shape index (κ3) is 4.60. The summed E-state index contributed by atoms with van der Waals surface area (Å²) >= 11 is 9.08. The summed E-state index contributed by atoms with van der Waals surface area (Å²) in [5, 5.41) is 19.6. The van der Waals surface area contributed by atoms with Crippen LogP contribution in [0.2, 0.25) is 0 Å². The van der Waals surface area contributed by atoms with Crippen LogP contribution in [-0.4, -0.2) is 33.1 Å². The van der Waals surface area contributed by atoms with E-state index in [1.807, 2.05) is 67.6 Å². The van der Waals surface area contributed by atoms with E-state index in [1.54, 1.807) is 10.9 Å². The van der Waals surface area contributed by atoms with Gasteiger partial charge in [-0.15, -0.1) is 15.0 Å². The van der Waals surface area contributed by atoms with Crippen LogP contribution < -0.4 is 15.4 Å². The fourth-order valence-corrected chi connectivity index (χ4v) is 5.61. The zero-order chi connectivity index (χ0) is 27.1. The Hall–Kier alpha value is -4.34. The van der Waals surface area contributed by atoms with Crippen molar-refractivity contribution in [2.75, 3.05) is 12.4 Å². The molecule has 2 N–H and O–H groups in total. The molecule has 6 rings (SSSR count). The first-order valence-electron chi connectivity index (χ1n) is 12.2. The molecule has 7 nitrogen and oxygen atoms in total. The minimum Gasteiger partial charge on any atom is -0.495 e. The van der Waals surface area contributed by atoms with Crippen molar-refractivity contribution >= 4 is 77.4 Å². The fraction of sp³-hybridized carbons (Fsp3) is 0.0667. The van der Waals surface area contributed by atoms with Crippen molar-refractivity contribution in [1.82, 2.24) is 20.3 Å². The number of hydrogen-bond donors (Lipinski definition) is 2. The quantitative estimate of drug-likeness (QED) is 0.215. The molecule has 1 aromatic heterocycles. The van der Waals surface area contributed by atoms with Crippen molar-refractivity contribution in [2.24, 2.45) is 0 Å². The number of amides is 1. The van der Waals surface area contributed by atoms with E-state index in [0.717, 1.165) is 44.0 Å². The van der Waals surface area contributed by atoms with E-state index in [2.05, 4.69) is 44.8 Å². The summed E-state index contributed by atoms with van der Waals surface area (Å²) in [5.41, 5.74) is 4.36. The molecule has 0 radical (unpaired) electrons. The van der Waals surface area contributed by atoms with Crippen LogP contribution in [0.1, 0.15) is 15.9 Å². The molecule has 0 bridgehead atoms. The number of carbonyl (C=O) groups is 1. The van der Waals surface area contributed by atoms with E-state index in [1.165, 1.54) is 7.11 Å². The summed E-state index contributed by atoms with van der Waals surface area (Å²) in [6, 6.07) is 27.6. The van der Waals surface area contributed by atoms with E-state index in [4.69, 9.17) is 27.2 Å². The van der Waals surface area contributed by atoms with Gasteiger partial charge in [0.15, 0.2) is 5.11 Å². The van der Waals surface area contributed by atoms with Crippen molar-refractivity contribution in [3.05, 3.63) is 101 Å². The molecule has 0 aliphatic heterocycles. The molecule has 0 aliphatic carbocycles. The highest BCUT2D eigenvalue weighted by atomic mass is 79.9. The van der Waals surface area contributed by atoms with Crippen LogP contribution in [0.25, 0.3) is 38.3 Å². The molecule has 0 fully saturated rings. The number of hydrogen-bond acceptors (Lipinski definition) is 5. The molecule has 0 aliphatic rings. The van der Waals surface area contributed by atoms with Gasteiger partial charge in [0.1, 0.15) is 16.8 Å². The number of halogens is 1. The average molecular weight is 597 g/mol. The van der Waals surface area contributed by atoms with Gasteiger partial charge in [0.05, 0.1) is 22.8 Å². The van der Waals surface area contributed by atoms with Crippen LogP contribution in [-0.2, 0) is 0 Å². The molecule has 192 valence electrons. The summed E-state index contributed by atoms with van der Waals surface area (Å²) in [4.78, 5) is 14.9. The number of ether oxygens (including phenoxy) is 1. The van der Waals surface area contributed by atoms with Gasteiger partial charge in [0.2, 0.25) is 0 Å². The third-order valence-corrected chi connectivity index (χ3v) is 7.57. The minimum absolute atomic E-state index is 0.162. The predicted molar refractivity (Wildman–Crippen MR) is 163 cm³/mol. The van der Waals surface area contributed by atoms with Crippen molar-refractivity contribution in [1.29, 1.82) is 0 Å². The number of aryl methyl sites for hydroxylation is 1. The Labute approximate surface area is 237 Å². The van der Waals surface area contributed by atoms with Crippen LogP contribution in [0.5, 0.6) is 5.75 Å². The van der Waals surface area contributed by atoms with Gasteiger partial charge in [0, 0.05) is 11.1 Å². The Morgan fingerprint density at radius 2 is 1.56 bits per heavy atom. The van der Waals surface area contributed by atoms with E-state index >= 15 is 0 Å². The SMILES string of the molecule is COc1c(C(=O)NC(=S)Nc2cc3nn(-c4cccc5ccccc45)nc3cc2C)cc2ccccc2c1Br. The highest BCUT2D eigenvalue weighted by Gasteiger charge is 2.19. The number of aromatic nitrogens is 3. The average Bonchev–Trinajstić information content (AvgIpc) is 3.35. The number of benzene rings is 5. The molecule has 0 unspecified atom stereocenters. The van der Waals surface area contributed by atoms with Gasteiger partial charge in [-0.25, -0.2) is 0 Å². The number of nitrogens with one attached hydrogen (secondary N) is 2. The van der Waals surface area contributed by atoms with Gasteiger partial charge in [-0.05, 0) is 81.1 Å². The van der Waals surface area contributed by atoms with Crippen LogP contribution in [0, 0.1) is 6.92 Å². The first-order valence-corrected chi connectivity index (χ1v) is 13.4. The Balaban J connectivity index is 1.27. The smallest absolute Gasteiger partial charge is 0.261 e. The fourth-order valence-electron chi connectivity index (χ4n) is 4.67. The number of fused-ring (bicyclic) bond motifs is 3. The van der Waals surface area contributed by atoms with Crippen LogP contribution >= 0.6 is 28.1 Å². The molecular weight excluding hydrogens is 574 g/mol. The number of anilines is 1. The number of thiocarbonyl (C=S) groups is 1. The molecule has 9 heteroatoms. The highest BCUT2D eigenvalue weighted by molar-refractivity contribution is 9.10. The predicted octanol–water partition coefficient (Wildman–Crippen LogP) is 6.93. The molecule has 0 saturated heterocycles. The van der Waals surface area contributed by atoms with E-state index < -0.39 is 0 Å². The lowest BCUT2D eigenvalue weighted by Gasteiger charge is -2.15. The molecule has 0 spiro atoms. The van der Waals surface area contributed by atoms with Crippen molar-refractivity contribution in [3.63, 3.8) is 0 Å². The van der Waals surface area contributed by atoms with E-state index in [9.17, 15) is 4.79 Å². The monoisotopic (exact) mass is 595 g/mol. The maximum absolute atomic E-state index is 13.2. The number of rotatable bonds is 4. The third-order valence-electron chi connectivity index (χ3n) is 6.57. The highest BCUT2D eigenvalue weighted by Crippen LogP contribution is 2.36. The standard InChI is InChI=1S/C30H22BrN5O2S/c1-17-14-24-25(35-36(34-24)26-13-7-10-18-8-3-5-11-20(18)26)16-23(17)32-30(39)33-29(37)22-15-19-9-4-6-12-21(19)27(31)28(22)38-2/h3-16H,1-2H3,(H2,32,33,37,39). The maximum Gasteiger partial charge on any atom is 0.261 e. The second kappa shape index (κ2) is 10.1. The lowest BCUT2D eigenvalue weighted by Crippen LogP contribution is -2.34. The van der Waals surface area contributed by atoms with Gasteiger partial charge >= 0.3 is 0 Å². The number of carbonyl (C=O) groups excluding carboxylic acids is 1. The summed E-state index contributed by atoms with van der Waals surface area (Å²) in [7, 11) is 1.53. The zero-order valence-corrected chi connectivity index (χ0v) is 23.4. The molecule has 0 saturated carbocycles. The minimum atomic E-state index is -0.378. The Kier molecular flexibility index (Phi) is 6.46. The van der Waals surface area contributed by atoms with Crippen LogP contribution in [0.4, 0.5) is 5.69 Å². The molecule has 5 aromatic carbocycles. The lowest BCUT2D eigenvalue weighted by molar-refractivity contribution is 0.0975. The Bertz CT molecular complexity index is 1930.